The number of aryl methyl sites for hydroxylation is 1. The van der Waals surface area contributed by atoms with Gasteiger partial charge >= 0.3 is 6.03 Å². The molecule has 164 valence electrons. The molecular formula is C24H23N3O5. The first kappa shape index (κ1) is 22.4. The van der Waals surface area contributed by atoms with Crippen LogP contribution in [0.15, 0.2) is 48.2 Å². The number of ether oxygens (including phenoxy) is 2. The fourth-order valence-electron chi connectivity index (χ4n) is 3.07. The number of rotatable bonds is 8. The highest BCUT2D eigenvalue weighted by atomic mass is 16.5. The Morgan fingerprint density at radius 3 is 2.72 bits per heavy atom. The fraction of sp³-hybridized carbons (Fsp3) is 0.208. The molecule has 8 heteroatoms. The van der Waals surface area contributed by atoms with Gasteiger partial charge in [-0.05, 0) is 55.3 Å². The summed E-state index contributed by atoms with van der Waals surface area (Å²) in [5, 5.41) is 5.18. The van der Waals surface area contributed by atoms with Gasteiger partial charge in [-0.15, -0.1) is 6.42 Å². The number of benzene rings is 2. The number of hydrogen-bond acceptors (Lipinski definition) is 5. The van der Waals surface area contributed by atoms with Crippen molar-refractivity contribution in [1.29, 1.82) is 0 Å². The number of terminal acetylenes is 1. The third kappa shape index (κ3) is 5.46. The molecule has 1 fully saturated rings. The minimum Gasteiger partial charge on any atom is -0.490 e. The van der Waals surface area contributed by atoms with Crippen molar-refractivity contribution >= 4 is 29.6 Å². The van der Waals surface area contributed by atoms with Crippen molar-refractivity contribution in [3.63, 3.8) is 0 Å². The van der Waals surface area contributed by atoms with Gasteiger partial charge < -0.3 is 20.1 Å². The standard InChI is InChI=1S/C24H23N3O5/c1-4-11-32-20-10-9-17(14-21(20)31-5-2)13-19-23(29)27(24(30)26-19)15-22(28)25-18-8-6-7-16(3)12-18/h1,6-10,12-14H,5,11,15H2,2-3H3,(H,25,28)(H,26,30)/b19-13+. The van der Waals surface area contributed by atoms with E-state index in [0.717, 1.165) is 10.5 Å². The average Bonchev–Trinajstić information content (AvgIpc) is 3.00. The summed E-state index contributed by atoms with van der Waals surface area (Å²) in [7, 11) is 0. The minimum atomic E-state index is -0.667. The Bertz CT molecular complexity index is 1120. The molecule has 2 aromatic carbocycles. The zero-order valence-electron chi connectivity index (χ0n) is 17.8. The third-order valence-electron chi connectivity index (χ3n) is 4.46. The van der Waals surface area contributed by atoms with Crippen molar-refractivity contribution in [3.8, 4) is 23.8 Å². The molecule has 0 radical (unpaired) electrons. The number of carbonyl (C=O) groups is 3. The highest BCUT2D eigenvalue weighted by molar-refractivity contribution is 6.15. The summed E-state index contributed by atoms with van der Waals surface area (Å²) in [5.74, 6) is 2.25. The predicted molar refractivity (Wildman–Crippen MR) is 120 cm³/mol. The first-order valence-electron chi connectivity index (χ1n) is 9.95. The van der Waals surface area contributed by atoms with E-state index >= 15 is 0 Å². The van der Waals surface area contributed by atoms with Crippen LogP contribution in [0.2, 0.25) is 0 Å². The van der Waals surface area contributed by atoms with Crippen LogP contribution in [-0.2, 0) is 9.59 Å². The van der Waals surface area contributed by atoms with Crippen LogP contribution >= 0.6 is 0 Å². The normalized spacial score (nSPS) is 14.2. The van der Waals surface area contributed by atoms with Crippen LogP contribution in [0.5, 0.6) is 11.5 Å². The Balaban J connectivity index is 1.72. The molecule has 0 atom stereocenters. The molecule has 1 aliphatic heterocycles. The fourth-order valence-corrected chi connectivity index (χ4v) is 3.07. The van der Waals surface area contributed by atoms with Crippen molar-refractivity contribution in [2.45, 2.75) is 13.8 Å². The molecule has 0 unspecified atom stereocenters. The van der Waals surface area contributed by atoms with E-state index in [1.165, 1.54) is 6.08 Å². The first-order valence-corrected chi connectivity index (χ1v) is 9.95. The summed E-state index contributed by atoms with van der Waals surface area (Å²) in [6, 6.07) is 11.6. The second kappa shape index (κ2) is 10.2. The van der Waals surface area contributed by atoms with Crippen LogP contribution in [-0.4, -0.2) is 42.5 Å². The lowest BCUT2D eigenvalue weighted by Crippen LogP contribution is -2.38. The summed E-state index contributed by atoms with van der Waals surface area (Å²) >= 11 is 0. The van der Waals surface area contributed by atoms with E-state index in [-0.39, 0.29) is 12.3 Å². The lowest BCUT2D eigenvalue weighted by molar-refractivity contribution is -0.127. The molecular weight excluding hydrogens is 410 g/mol. The molecule has 2 N–H and O–H groups in total. The maximum Gasteiger partial charge on any atom is 0.329 e. The molecule has 0 aliphatic carbocycles. The van der Waals surface area contributed by atoms with Crippen molar-refractivity contribution in [3.05, 3.63) is 59.3 Å². The maximum atomic E-state index is 12.7. The van der Waals surface area contributed by atoms with Crippen LogP contribution in [0.25, 0.3) is 6.08 Å². The number of anilines is 1. The molecule has 8 nitrogen and oxygen atoms in total. The van der Waals surface area contributed by atoms with Crippen molar-refractivity contribution in [1.82, 2.24) is 10.2 Å². The molecule has 0 saturated carbocycles. The number of urea groups is 1. The largest absolute Gasteiger partial charge is 0.490 e. The zero-order chi connectivity index (χ0) is 23.1. The number of amides is 4. The number of nitrogens with zero attached hydrogens (tertiary/aromatic N) is 1. The summed E-state index contributed by atoms with van der Waals surface area (Å²) in [5.41, 5.74) is 2.23. The highest BCUT2D eigenvalue weighted by Crippen LogP contribution is 2.29. The van der Waals surface area contributed by atoms with Gasteiger partial charge in [-0.1, -0.05) is 24.1 Å². The van der Waals surface area contributed by atoms with Gasteiger partial charge in [0, 0.05) is 5.69 Å². The van der Waals surface area contributed by atoms with Crippen LogP contribution in [0.3, 0.4) is 0 Å². The third-order valence-corrected chi connectivity index (χ3v) is 4.46. The van der Waals surface area contributed by atoms with Crippen molar-refractivity contribution in [2.75, 3.05) is 25.1 Å². The SMILES string of the molecule is C#CCOc1ccc(/C=C2/NC(=O)N(CC(=O)Nc3cccc(C)c3)C2=O)cc1OCC. The average molecular weight is 433 g/mol. The lowest BCUT2D eigenvalue weighted by atomic mass is 10.1. The van der Waals surface area contributed by atoms with Crippen LogP contribution in [0.1, 0.15) is 18.1 Å². The van der Waals surface area contributed by atoms with Gasteiger partial charge in [0.15, 0.2) is 11.5 Å². The molecule has 2 aromatic rings. The molecule has 4 amide bonds. The molecule has 3 rings (SSSR count). The summed E-state index contributed by atoms with van der Waals surface area (Å²) in [6.07, 6.45) is 6.73. The van der Waals surface area contributed by atoms with E-state index < -0.39 is 24.4 Å². The first-order chi connectivity index (χ1) is 15.4. The Labute approximate surface area is 186 Å². The van der Waals surface area contributed by atoms with Gasteiger partial charge in [0.1, 0.15) is 18.8 Å². The van der Waals surface area contributed by atoms with Gasteiger partial charge in [0.2, 0.25) is 5.91 Å². The molecule has 0 spiro atoms. The van der Waals surface area contributed by atoms with Gasteiger partial charge in [-0.2, -0.15) is 0 Å². The quantitative estimate of drug-likeness (QED) is 0.379. The lowest BCUT2D eigenvalue weighted by Gasteiger charge is -2.12. The summed E-state index contributed by atoms with van der Waals surface area (Å²) in [6.45, 7) is 3.82. The van der Waals surface area contributed by atoms with Gasteiger partial charge in [-0.25, -0.2) is 9.69 Å². The van der Waals surface area contributed by atoms with Crippen molar-refractivity contribution in [2.24, 2.45) is 0 Å². The number of nitrogens with one attached hydrogen (secondary N) is 2. The second-order valence-electron chi connectivity index (χ2n) is 6.93. The van der Waals surface area contributed by atoms with Crippen LogP contribution in [0.4, 0.5) is 10.5 Å². The molecule has 0 aromatic heterocycles. The van der Waals surface area contributed by atoms with E-state index in [9.17, 15) is 14.4 Å². The number of carbonyl (C=O) groups excluding carboxylic acids is 3. The molecule has 1 saturated heterocycles. The Morgan fingerprint density at radius 2 is 2.00 bits per heavy atom. The van der Waals surface area contributed by atoms with E-state index in [1.807, 2.05) is 19.9 Å². The zero-order valence-corrected chi connectivity index (χ0v) is 17.8. The minimum absolute atomic E-state index is 0.0538. The summed E-state index contributed by atoms with van der Waals surface area (Å²) < 4.78 is 11.0. The van der Waals surface area contributed by atoms with Crippen LogP contribution in [0, 0.1) is 19.3 Å². The van der Waals surface area contributed by atoms with Gasteiger partial charge in [-0.3, -0.25) is 9.59 Å². The van der Waals surface area contributed by atoms with Gasteiger partial charge in [0.25, 0.3) is 5.91 Å². The Hall–Kier alpha value is -4.25. The molecule has 1 aliphatic rings. The van der Waals surface area contributed by atoms with E-state index in [2.05, 4.69) is 16.6 Å². The smallest absolute Gasteiger partial charge is 0.329 e. The molecule has 32 heavy (non-hydrogen) atoms. The van der Waals surface area contributed by atoms with Gasteiger partial charge in [0.05, 0.1) is 6.61 Å². The second-order valence-corrected chi connectivity index (χ2v) is 6.93. The highest BCUT2D eigenvalue weighted by Gasteiger charge is 2.35. The predicted octanol–water partition coefficient (Wildman–Crippen LogP) is 2.94. The molecule has 0 bridgehead atoms. The van der Waals surface area contributed by atoms with E-state index in [1.54, 1.807) is 36.4 Å². The number of imide groups is 1. The van der Waals surface area contributed by atoms with E-state index in [0.29, 0.717) is 29.4 Å². The maximum absolute atomic E-state index is 12.7. The monoisotopic (exact) mass is 433 g/mol. The topological polar surface area (TPSA) is 97.0 Å². The Morgan fingerprint density at radius 1 is 1.19 bits per heavy atom. The number of hydrogen-bond donors (Lipinski definition) is 2. The van der Waals surface area contributed by atoms with E-state index in [4.69, 9.17) is 15.9 Å². The van der Waals surface area contributed by atoms with Crippen molar-refractivity contribution < 1.29 is 23.9 Å². The summed E-state index contributed by atoms with van der Waals surface area (Å²) in [4.78, 5) is 38.2. The Kier molecular flexibility index (Phi) is 7.13. The van der Waals surface area contributed by atoms with Crippen LogP contribution < -0.4 is 20.1 Å². The molecule has 1 heterocycles.